The minimum absolute atomic E-state index is 0.137. The number of aliphatic carboxylic acids is 1. The summed E-state index contributed by atoms with van der Waals surface area (Å²) in [6.45, 7) is -0.481. The number of ether oxygens (including phenoxy) is 1. The number of carboxylic acid groups (broad SMARTS) is 1. The van der Waals surface area contributed by atoms with E-state index in [1.165, 1.54) is 6.21 Å². The first-order valence-electron chi connectivity index (χ1n) is 8.10. The number of nitrogens with zero attached hydrogens (tertiary/aromatic N) is 2. The van der Waals surface area contributed by atoms with E-state index in [4.69, 9.17) is 9.84 Å². The van der Waals surface area contributed by atoms with E-state index in [2.05, 4.69) is 5.10 Å². The molecule has 128 valence electrons. The van der Waals surface area contributed by atoms with Gasteiger partial charge in [-0.05, 0) is 30.4 Å². The third-order valence-corrected chi connectivity index (χ3v) is 5.03. The maximum atomic E-state index is 12.6. The van der Waals surface area contributed by atoms with Crippen LogP contribution in [0.25, 0.3) is 0 Å². The minimum Gasteiger partial charge on any atom is -0.481 e. The SMILES string of the molecule is O=C(O)COc1ccccc1C=NN1C(=O)C2C3C=CC(C3)C2C1=O. The molecule has 1 aromatic carbocycles. The van der Waals surface area contributed by atoms with Crippen LogP contribution in [0.2, 0.25) is 0 Å². The molecule has 4 atom stereocenters. The summed E-state index contributed by atoms with van der Waals surface area (Å²) < 4.78 is 5.20. The van der Waals surface area contributed by atoms with Crippen LogP contribution in [0.5, 0.6) is 5.75 Å². The average molecular weight is 340 g/mol. The lowest BCUT2D eigenvalue weighted by Gasteiger charge is -2.13. The maximum absolute atomic E-state index is 12.6. The Bertz CT molecular complexity index is 785. The Morgan fingerprint density at radius 3 is 2.48 bits per heavy atom. The highest BCUT2D eigenvalue weighted by molar-refractivity contribution is 6.06. The number of carbonyl (C=O) groups excluding carboxylic acids is 2. The van der Waals surface area contributed by atoms with Crippen molar-refractivity contribution in [3.05, 3.63) is 42.0 Å². The van der Waals surface area contributed by atoms with Crippen LogP contribution < -0.4 is 4.74 Å². The van der Waals surface area contributed by atoms with E-state index in [0.717, 1.165) is 11.4 Å². The molecule has 1 N–H and O–H groups in total. The zero-order valence-electron chi connectivity index (χ0n) is 13.2. The van der Waals surface area contributed by atoms with Crippen molar-refractivity contribution in [3.8, 4) is 5.75 Å². The Morgan fingerprint density at radius 1 is 1.20 bits per heavy atom. The molecule has 1 saturated carbocycles. The fraction of sp³-hybridized carbons (Fsp3) is 0.333. The zero-order chi connectivity index (χ0) is 17.6. The summed E-state index contributed by atoms with van der Waals surface area (Å²) >= 11 is 0. The number of hydrogen-bond acceptors (Lipinski definition) is 5. The van der Waals surface area contributed by atoms with Gasteiger partial charge in [0, 0.05) is 5.56 Å². The molecule has 0 spiro atoms. The number of allylic oxidation sites excluding steroid dienone is 2. The highest BCUT2D eigenvalue weighted by Gasteiger charge is 2.59. The first-order valence-corrected chi connectivity index (χ1v) is 8.10. The Morgan fingerprint density at radius 2 is 1.84 bits per heavy atom. The first kappa shape index (κ1) is 15.6. The topological polar surface area (TPSA) is 96.3 Å². The van der Waals surface area contributed by atoms with Gasteiger partial charge in [0.15, 0.2) is 6.61 Å². The van der Waals surface area contributed by atoms with Gasteiger partial charge in [-0.15, -0.1) is 0 Å². The fourth-order valence-electron chi connectivity index (χ4n) is 3.98. The van der Waals surface area contributed by atoms with Gasteiger partial charge in [-0.3, -0.25) is 9.59 Å². The van der Waals surface area contributed by atoms with Gasteiger partial charge in [0.05, 0.1) is 18.1 Å². The third kappa shape index (κ3) is 2.52. The van der Waals surface area contributed by atoms with Crippen molar-refractivity contribution >= 4 is 24.0 Å². The van der Waals surface area contributed by atoms with Crippen molar-refractivity contribution in [2.45, 2.75) is 6.42 Å². The Labute approximate surface area is 143 Å². The van der Waals surface area contributed by atoms with E-state index >= 15 is 0 Å². The molecule has 25 heavy (non-hydrogen) atoms. The molecular weight excluding hydrogens is 324 g/mol. The summed E-state index contributed by atoms with van der Waals surface area (Å²) in [7, 11) is 0. The number of carbonyl (C=O) groups is 3. The summed E-state index contributed by atoms with van der Waals surface area (Å²) in [5.41, 5.74) is 0.502. The number of fused-ring (bicyclic) bond motifs is 5. The number of para-hydroxylation sites is 1. The molecule has 1 aromatic rings. The smallest absolute Gasteiger partial charge is 0.341 e. The number of imide groups is 1. The van der Waals surface area contributed by atoms with Crippen LogP contribution >= 0.6 is 0 Å². The molecule has 0 radical (unpaired) electrons. The lowest BCUT2D eigenvalue weighted by atomic mass is 9.85. The molecule has 2 amide bonds. The van der Waals surface area contributed by atoms with Crippen molar-refractivity contribution in [2.75, 3.05) is 6.61 Å². The number of benzene rings is 1. The van der Waals surface area contributed by atoms with E-state index in [0.29, 0.717) is 11.3 Å². The Balaban J connectivity index is 1.54. The Kier molecular flexibility index (Phi) is 3.63. The van der Waals surface area contributed by atoms with Crippen LogP contribution in [-0.2, 0) is 14.4 Å². The van der Waals surface area contributed by atoms with Crippen LogP contribution in [0.4, 0.5) is 0 Å². The van der Waals surface area contributed by atoms with Crippen molar-refractivity contribution in [3.63, 3.8) is 0 Å². The largest absolute Gasteiger partial charge is 0.481 e. The molecule has 0 aromatic heterocycles. The summed E-state index contributed by atoms with van der Waals surface area (Å²) in [6.07, 6.45) is 6.29. The molecule has 2 aliphatic carbocycles. The Hall–Kier alpha value is -2.96. The van der Waals surface area contributed by atoms with Crippen LogP contribution in [0.15, 0.2) is 41.5 Å². The van der Waals surface area contributed by atoms with E-state index in [1.54, 1.807) is 24.3 Å². The van der Waals surface area contributed by atoms with Crippen LogP contribution in [0.3, 0.4) is 0 Å². The van der Waals surface area contributed by atoms with Gasteiger partial charge in [-0.25, -0.2) is 4.79 Å². The molecular formula is C18H16N2O5. The number of hydrazone groups is 1. The molecule has 1 aliphatic heterocycles. The number of carboxylic acids is 1. The van der Waals surface area contributed by atoms with E-state index < -0.39 is 12.6 Å². The van der Waals surface area contributed by atoms with Crippen molar-refractivity contribution < 1.29 is 24.2 Å². The van der Waals surface area contributed by atoms with Gasteiger partial charge in [0.2, 0.25) is 0 Å². The van der Waals surface area contributed by atoms with Gasteiger partial charge in [0.1, 0.15) is 5.75 Å². The van der Waals surface area contributed by atoms with Gasteiger partial charge in [0.25, 0.3) is 11.8 Å². The monoisotopic (exact) mass is 340 g/mol. The van der Waals surface area contributed by atoms with Crippen LogP contribution in [0.1, 0.15) is 12.0 Å². The van der Waals surface area contributed by atoms with Gasteiger partial charge in [-0.2, -0.15) is 10.1 Å². The normalized spacial score (nSPS) is 29.7. The highest BCUT2D eigenvalue weighted by atomic mass is 16.5. The molecule has 7 heteroatoms. The van der Waals surface area contributed by atoms with E-state index in [9.17, 15) is 14.4 Å². The number of hydrogen-bond donors (Lipinski definition) is 1. The fourth-order valence-corrected chi connectivity index (χ4v) is 3.98. The average Bonchev–Trinajstić information content (AvgIpc) is 3.27. The second-order valence-electron chi connectivity index (χ2n) is 6.45. The lowest BCUT2D eigenvalue weighted by molar-refractivity contribution is -0.141. The maximum Gasteiger partial charge on any atom is 0.341 e. The number of rotatable bonds is 5. The zero-order valence-corrected chi connectivity index (χ0v) is 13.2. The van der Waals surface area contributed by atoms with Gasteiger partial charge < -0.3 is 9.84 Å². The predicted octanol–water partition coefficient (Wildman–Crippen LogP) is 1.29. The van der Waals surface area contributed by atoms with E-state index in [1.807, 2.05) is 12.2 Å². The van der Waals surface area contributed by atoms with Crippen LogP contribution in [0, 0.1) is 23.7 Å². The second kappa shape index (κ2) is 5.84. The highest BCUT2D eigenvalue weighted by Crippen LogP contribution is 2.52. The molecule has 4 unspecified atom stereocenters. The van der Waals surface area contributed by atoms with E-state index in [-0.39, 0.29) is 35.5 Å². The standard InChI is InChI=1S/C18H16N2O5/c21-14(22)9-25-13-4-2-1-3-12(13)8-19-20-17(23)15-10-5-6-11(7-10)16(15)18(20)24/h1-6,8,10-11,15-16H,7,9H2,(H,21,22). The molecule has 3 aliphatic rings. The minimum atomic E-state index is -1.09. The van der Waals surface area contributed by atoms with Crippen molar-refractivity contribution in [2.24, 2.45) is 28.8 Å². The lowest BCUT2D eigenvalue weighted by Crippen LogP contribution is -2.28. The molecule has 7 nitrogen and oxygen atoms in total. The number of amides is 2. The molecule has 1 saturated heterocycles. The predicted molar refractivity (Wildman–Crippen MR) is 86.7 cm³/mol. The van der Waals surface area contributed by atoms with Crippen LogP contribution in [-0.4, -0.2) is 40.7 Å². The summed E-state index contributed by atoms with van der Waals surface area (Å²) in [5, 5.41) is 13.8. The first-order chi connectivity index (χ1) is 12.1. The second-order valence-corrected chi connectivity index (χ2v) is 6.45. The summed E-state index contributed by atoms with van der Waals surface area (Å²) in [6, 6.07) is 6.73. The molecule has 2 fully saturated rings. The molecule has 4 rings (SSSR count). The molecule has 2 bridgehead atoms. The third-order valence-electron chi connectivity index (χ3n) is 5.03. The van der Waals surface area contributed by atoms with Crippen molar-refractivity contribution in [1.29, 1.82) is 0 Å². The van der Waals surface area contributed by atoms with Gasteiger partial charge >= 0.3 is 5.97 Å². The van der Waals surface area contributed by atoms with Gasteiger partial charge in [-0.1, -0.05) is 24.3 Å². The summed E-state index contributed by atoms with van der Waals surface area (Å²) in [4.78, 5) is 35.8. The van der Waals surface area contributed by atoms with Crippen molar-refractivity contribution in [1.82, 2.24) is 5.01 Å². The molecule has 1 heterocycles. The summed E-state index contributed by atoms with van der Waals surface area (Å²) in [5.74, 6) is -1.59. The quantitative estimate of drug-likeness (QED) is 0.495.